The lowest BCUT2D eigenvalue weighted by Gasteiger charge is -2.26. The third-order valence-electron chi connectivity index (χ3n) is 3.14. The van der Waals surface area contributed by atoms with Crippen molar-refractivity contribution in [1.82, 2.24) is 10.2 Å². The number of hydrogen-bond donors (Lipinski definition) is 2. The zero-order valence-corrected chi connectivity index (χ0v) is 11.2. The molecule has 1 heterocycles. The summed E-state index contributed by atoms with van der Waals surface area (Å²) in [4.78, 5) is 13.7. The molecule has 5 heteroatoms. The third kappa shape index (κ3) is 6.93. The van der Waals surface area contributed by atoms with Crippen LogP contribution in [-0.4, -0.2) is 61.9 Å². The first kappa shape index (κ1) is 15.4. The maximum absolute atomic E-state index is 11.8. The molecule has 106 valence electrons. The fraction of sp³-hybridized carbons (Fsp3) is 0.923. The van der Waals surface area contributed by atoms with Gasteiger partial charge in [0, 0.05) is 32.7 Å². The molecule has 0 aromatic rings. The van der Waals surface area contributed by atoms with Gasteiger partial charge < -0.3 is 20.1 Å². The second kappa shape index (κ2) is 10.3. The Labute approximate surface area is 109 Å². The second-order valence-corrected chi connectivity index (χ2v) is 4.63. The largest absolute Gasteiger partial charge is 0.396 e. The van der Waals surface area contributed by atoms with Gasteiger partial charge in [-0.1, -0.05) is 12.8 Å². The van der Waals surface area contributed by atoms with Gasteiger partial charge in [-0.3, -0.25) is 4.79 Å². The van der Waals surface area contributed by atoms with Gasteiger partial charge in [0.05, 0.1) is 13.2 Å². The highest BCUT2D eigenvalue weighted by molar-refractivity contribution is 5.76. The van der Waals surface area contributed by atoms with Gasteiger partial charge in [0.1, 0.15) is 0 Å². The van der Waals surface area contributed by atoms with Crippen molar-refractivity contribution in [3.05, 3.63) is 0 Å². The lowest BCUT2D eigenvalue weighted by atomic mass is 10.2. The first-order valence-corrected chi connectivity index (χ1v) is 7.01. The molecular weight excluding hydrogens is 232 g/mol. The highest BCUT2D eigenvalue weighted by atomic mass is 16.5. The Balaban J connectivity index is 1.89. The number of ether oxygens (including phenoxy) is 1. The van der Waals surface area contributed by atoms with E-state index >= 15 is 0 Å². The van der Waals surface area contributed by atoms with Crippen LogP contribution in [0.2, 0.25) is 0 Å². The Kier molecular flexibility index (Phi) is 8.81. The molecule has 0 atom stereocenters. The molecule has 5 nitrogen and oxygen atoms in total. The van der Waals surface area contributed by atoms with Gasteiger partial charge in [0.15, 0.2) is 0 Å². The van der Waals surface area contributed by atoms with Crippen molar-refractivity contribution in [2.75, 3.05) is 46.0 Å². The highest BCUT2D eigenvalue weighted by Gasteiger charge is 2.15. The number of unbranched alkanes of at least 4 members (excludes halogenated alkanes) is 3. The average molecular weight is 258 g/mol. The van der Waals surface area contributed by atoms with E-state index in [-0.39, 0.29) is 5.91 Å². The fourth-order valence-electron chi connectivity index (χ4n) is 2.01. The lowest BCUT2D eigenvalue weighted by molar-refractivity contribution is -0.135. The van der Waals surface area contributed by atoms with Gasteiger partial charge in [-0.25, -0.2) is 0 Å². The minimum Gasteiger partial charge on any atom is -0.396 e. The number of nitrogens with one attached hydrogen (secondary N) is 1. The first-order valence-electron chi connectivity index (χ1n) is 7.01. The molecular formula is C13H26N2O3. The molecule has 0 radical (unpaired) electrons. The number of hydrogen-bond acceptors (Lipinski definition) is 4. The topological polar surface area (TPSA) is 61.8 Å². The Morgan fingerprint density at radius 1 is 1.11 bits per heavy atom. The third-order valence-corrected chi connectivity index (χ3v) is 3.14. The molecule has 0 bridgehead atoms. The number of aliphatic hydroxyl groups excluding tert-OH is 1. The van der Waals surface area contributed by atoms with Crippen LogP contribution in [0.3, 0.4) is 0 Å². The van der Waals surface area contributed by atoms with Gasteiger partial charge in [0.25, 0.3) is 0 Å². The van der Waals surface area contributed by atoms with Crippen molar-refractivity contribution in [2.45, 2.75) is 32.1 Å². The summed E-state index contributed by atoms with van der Waals surface area (Å²) in [6.45, 7) is 4.83. The maximum Gasteiger partial charge on any atom is 0.224 e. The summed E-state index contributed by atoms with van der Waals surface area (Å²) in [5.41, 5.74) is 0. The van der Waals surface area contributed by atoms with Crippen LogP contribution < -0.4 is 5.32 Å². The van der Waals surface area contributed by atoms with Crippen LogP contribution in [0.4, 0.5) is 0 Å². The van der Waals surface area contributed by atoms with Crippen LogP contribution in [0.25, 0.3) is 0 Å². The van der Waals surface area contributed by atoms with E-state index in [0.717, 1.165) is 51.9 Å². The Morgan fingerprint density at radius 2 is 1.83 bits per heavy atom. The molecule has 0 aromatic heterocycles. The van der Waals surface area contributed by atoms with Gasteiger partial charge in [0.2, 0.25) is 5.91 Å². The molecule has 1 rings (SSSR count). The molecule has 1 aliphatic rings. The van der Waals surface area contributed by atoms with Crippen LogP contribution >= 0.6 is 0 Å². The number of carbonyl (C=O) groups is 1. The van der Waals surface area contributed by atoms with E-state index in [9.17, 15) is 4.79 Å². The predicted molar refractivity (Wildman–Crippen MR) is 70.4 cm³/mol. The summed E-state index contributed by atoms with van der Waals surface area (Å²) in [5, 5.41) is 11.9. The van der Waals surface area contributed by atoms with Crippen LogP contribution in [0, 0.1) is 0 Å². The van der Waals surface area contributed by atoms with E-state index < -0.39 is 0 Å². The van der Waals surface area contributed by atoms with Crippen molar-refractivity contribution >= 4 is 5.91 Å². The number of carbonyl (C=O) groups excluding carboxylic acids is 1. The quantitative estimate of drug-likeness (QED) is 0.587. The number of nitrogens with zero attached hydrogens (tertiary/aromatic N) is 1. The summed E-state index contributed by atoms with van der Waals surface area (Å²) in [5.74, 6) is 0.228. The van der Waals surface area contributed by atoms with Gasteiger partial charge in [-0.05, 0) is 19.4 Å². The Bertz CT molecular complexity index is 218. The van der Waals surface area contributed by atoms with Gasteiger partial charge in [-0.15, -0.1) is 0 Å². The molecule has 1 amide bonds. The monoisotopic (exact) mass is 258 g/mol. The smallest absolute Gasteiger partial charge is 0.224 e. The zero-order chi connectivity index (χ0) is 13.1. The molecule has 0 unspecified atom stereocenters. The number of amides is 1. The molecule has 1 aliphatic heterocycles. The summed E-state index contributed by atoms with van der Waals surface area (Å²) in [7, 11) is 0. The van der Waals surface area contributed by atoms with Crippen molar-refractivity contribution in [3.8, 4) is 0 Å². The Hall–Kier alpha value is -0.650. The molecule has 1 fully saturated rings. The SMILES string of the molecule is O=C(CCNCCCCCCO)N1CCOCC1. The van der Waals surface area contributed by atoms with Crippen LogP contribution in [-0.2, 0) is 9.53 Å². The maximum atomic E-state index is 11.8. The summed E-state index contributed by atoms with van der Waals surface area (Å²) in [6.07, 6.45) is 4.83. The molecule has 0 spiro atoms. The first-order chi connectivity index (χ1) is 8.84. The summed E-state index contributed by atoms with van der Waals surface area (Å²) >= 11 is 0. The molecule has 0 saturated carbocycles. The van der Waals surface area contributed by atoms with E-state index in [1.54, 1.807) is 0 Å². The summed E-state index contributed by atoms with van der Waals surface area (Å²) < 4.78 is 5.21. The molecule has 0 aromatic carbocycles. The number of aliphatic hydroxyl groups is 1. The molecule has 1 saturated heterocycles. The van der Waals surface area contributed by atoms with Crippen LogP contribution in [0.5, 0.6) is 0 Å². The van der Waals surface area contributed by atoms with Crippen molar-refractivity contribution in [2.24, 2.45) is 0 Å². The van der Waals surface area contributed by atoms with Crippen LogP contribution in [0.15, 0.2) is 0 Å². The highest BCUT2D eigenvalue weighted by Crippen LogP contribution is 2.00. The molecule has 0 aliphatic carbocycles. The fourth-order valence-corrected chi connectivity index (χ4v) is 2.01. The number of morpholine rings is 1. The second-order valence-electron chi connectivity index (χ2n) is 4.63. The van der Waals surface area contributed by atoms with Gasteiger partial charge in [-0.2, -0.15) is 0 Å². The summed E-state index contributed by atoms with van der Waals surface area (Å²) in [6, 6.07) is 0. The normalized spacial score (nSPS) is 15.9. The van der Waals surface area contributed by atoms with E-state index in [1.165, 1.54) is 0 Å². The minimum atomic E-state index is 0.228. The Morgan fingerprint density at radius 3 is 2.56 bits per heavy atom. The zero-order valence-electron chi connectivity index (χ0n) is 11.2. The van der Waals surface area contributed by atoms with E-state index in [0.29, 0.717) is 26.2 Å². The van der Waals surface area contributed by atoms with Crippen LogP contribution in [0.1, 0.15) is 32.1 Å². The minimum absolute atomic E-state index is 0.228. The molecule has 2 N–H and O–H groups in total. The average Bonchev–Trinajstić information content (AvgIpc) is 2.42. The number of rotatable bonds is 9. The van der Waals surface area contributed by atoms with Crippen molar-refractivity contribution < 1.29 is 14.6 Å². The molecule has 18 heavy (non-hydrogen) atoms. The lowest BCUT2D eigenvalue weighted by Crippen LogP contribution is -2.41. The van der Waals surface area contributed by atoms with E-state index in [1.807, 2.05) is 4.90 Å². The van der Waals surface area contributed by atoms with E-state index in [4.69, 9.17) is 9.84 Å². The predicted octanol–water partition coefficient (Wildman–Crippen LogP) is 0.378. The van der Waals surface area contributed by atoms with E-state index in [2.05, 4.69) is 5.32 Å². The van der Waals surface area contributed by atoms with Crippen molar-refractivity contribution in [1.29, 1.82) is 0 Å². The standard InChI is InChI=1S/C13H26N2O3/c16-10-4-2-1-3-6-14-7-5-13(17)15-8-11-18-12-9-15/h14,16H,1-12H2. The van der Waals surface area contributed by atoms with Crippen molar-refractivity contribution in [3.63, 3.8) is 0 Å². The van der Waals surface area contributed by atoms with Gasteiger partial charge >= 0.3 is 0 Å².